The molecule has 3 aromatic rings. The van der Waals surface area contributed by atoms with Crippen molar-refractivity contribution in [1.29, 1.82) is 0 Å². The molecule has 1 saturated carbocycles. The average Bonchev–Trinajstić information content (AvgIpc) is 3.69. The maximum absolute atomic E-state index is 13.8. The second-order valence-corrected chi connectivity index (χ2v) is 10.1. The van der Waals surface area contributed by atoms with Gasteiger partial charge in [-0.2, -0.15) is 0 Å². The first-order valence-electron chi connectivity index (χ1n) is 12.3. The zero-order valence-electron chi connectivity index (χ0n) is 19.7. The lowest BCUT2D eigenvalue weighted by Gasteiger charge is -2.32. The Bertz CT molecular complexity index is 1090. The van der Waals surface area contributed by atoms with Gasteiger partial charge >= 0.3 is 0 Å². The monoisotopic (exact) mass is 493 g/mol. The molecule has 8 heteroatoms. The van der Waals surface area contributed by atoms with Crippen LogP contribution in [-0.2, 0) is 16.1 Å². The molecule has 35 heavy (non-hydrogen) atoms. The van der Waals surface area contributed by atoms with Gasteiger partial charge in [0.15, 0.2) is 5.76 Å². The number of anilines is 1. The summed E-state index contributed by atoms with van der Waals surface area (Å²) in [6, 6.07) is 14.7. The number of ether oxygens (including phenoxy) is 1. The topological polar surface area (TPSA) is 75.0 Å². The summed E-state index contributed by atoms with van der Waals surface area (Å²) in [7, 11) is 0. The van der Waals surface area contributed by atoms with Crippen LogP contribution in [0, 0.1) is 0 Å². The predicted octanol–water partition coefficient (Wildman–Crippen LogP) is 4.62. The van der Waals surface area contributed by atoms with E-state index in [-0.39, 0.29) is 23.6 Å². The van der Waals surface area contributed by atoms with Crippen LogP contribution in [0.1, 0.15) is 52.7 Å². The van der Waals surface area contributed by atoms with Gasteiger partial charge in [-0.25, -0.2) is 0 Å². The molecule has 2 fully saturated rings. The van der Waals surface area contributed by atoms with Crippen LogP contribution in [0.25, 0.3) is 0 Å². The molecule has 2 aliphatic rings. The second-order valence-electron chi connectivity index (χ2n) is 9.07. The molecule has 0 spiro atoms. The lowest BCUT2D eigenvalue weighted by Crippen LogP contribution is -2.45. The third kappa shape index (κ3) is 5.60. The van der Waals surface area contributed by atoms with Gasteiger partial charge in [0.25, 0.3) is 5.91 Å². The molecule has 7 nitrogen and oxygen atoms in total. The summed E-state index contributed by atoms with van der Waals surface area (Å²) >= 11 is 1.57. The van der Waals surface area contributed by atoms with E-state index in [2.05, 4.69) is 10.2 Å². The number of hydrogen-bond donors (Lipinski definition) is 1. The quantitative estimate of drug-likeness (QED) is 0.496. The first-order chi connectivity index (χ1) is 17.2. The predicted molar refractivity (Wildman–Crippen MR) is 136 cm³/mol. The number of hydrogen-bond acceptors (Lipinski definition) is 6. The van der Waals surface area contributed by atoms with Crippen LogP contribution in [0.3, 0.4) is 0 Å². The lowest BCUT2D eigenvalue weighted by atomic mass is 10.0. The second kappa shape index (κ2) is 11.1. The van der Waals surface area contributed by atoms with Crippen LogP contribution in [0.2, 0.25) is 0 Å². The van der Waals surface area contributed by atoms with Gasteiger partial charge in [0, 0.05) is 29.7 Å². The molecule has 3 heterocycles. The van der Waals surface area contributed by atoms with Crippen LogP contribution < -0.4 is 10.2 Å². The number of amides is 2. The SMILES string of the molecule is O=C(NC1CCCC1)C(c1ccc(N2CCOCC2)cc1)N(Cc1cccs1)C(=O)c1ccco1. The van der Waals surface area contributed by atoms with E-state index < -0.39 is 6.04 Å². The fourth-order valence-corrected chi connectivity index (χ4v) is 5.61. The molecule has 1 atom stereocenters. The van der Waals surface area contributed by atoms with Gasteiger partial charge < -0.3 is 24.3 Å². The molecule has 1 N–H and O–H groups in total. The molecule has 1 aliphatic heterocycles. The van der Waals surface area contributed by atoms with Crippen molar-refractivity contribution in [2.45, 2.75) is 44.3 Å². The standard InChI is InChI=1S/C27H31N3O4S/c31-26(28-21-5-1-2-6-21)25(20-9-11-22(12-10-20)29-13-16-33-17-14-29)30(19-23-7-4-18-35-23)27(32)24-8-3-15-34-24/h3-4,7-12,15,18,21,25H,1-2,5-6,13-14,16-17,19H2,(H,28,31). The Morgan fingerprint density at radius 3 is 2.49 bits per heavy atom. The third-order valence-electron chi connectivity index (χ3n) is 6.75. The Labute approximate surface area is 209 Å². The molecule has 5 rings (SSSR count). The average molecular weight is 494 g/mol. The molecule has 1 aromatic carbocycles. The van der Waals surface area contributed by atoms with E-state index in [1.807, 2.05) is 41.8 Å². The maximum Gasteiger partial charge on any atom is 0.290 e. The molecule has 2 aromatic heterocycles. The molecule has 0 bridgehead atoms. The largest absolute Gasteiger partial charge is 0.459 e. The molecule has 1 unspecified atom stereocenters. The molecule has 0 radical (unpaired) electrons. The van der Waals surface area contributed by atoms with Crippen molar-refractivity contribution >= 4 is 28.8 Å². The number of rotatable bonds is 8. The van der Waals surface area contributed by atoms with E-state index in [1.165, 1.54) is 6.26 Å². The van der Waals surface area contributed by atoms with E-state index in [0.717, 1.165) is 54.9 Å². The number of morpholine rings is 1. The summed E-state index contributed by atoms with van der Waals surface area (Å²) in [5, 5.41) is 5.21. The molecular formula is C27H31N3O4S. The lowest BCUT2D eigenvalue weighted by molar-refractivity contribution is -0.126. The number of nitrogens with zero attached hydrogens (tertiary/aromatic N) is 2. The van der Waals surface area contributed by atoms with Crippen LogP contribution in [0.4, 0.5) is 5.69 Å². The number of carbonyl (C=O) groups excluding carboxylic acids is 2. The van der Waals surface area contributed by atoms with Crippen LogP contribution >= 0.6 is 11.3 Å². The Morgan fingerprint density at radius 1 is 1.06 bits per heavy atom. The zero-order chi connectivity index (χ0) is 24.0. The number of furan rings is 1. The van der Waals surface area contributed by atoms with Crippen molar-refractivity contribution in [2.24, 2.45) is 0 Å². The molecule has 184 valence electrons. The van der Waals surface area contributed by atoms with Crippen molar-refractivity contribution in [3.05, 3.63) is 76.4 Å². The van der Waals surface area contributed by atoms with Gasteiger partial charge in [-0.1, -0.05) is 31.0 Å². The zero-order valence-corrected chi connectivity index (χ0v) is 20.5. The number of thiophene rings is 1. The summed E-state index contributed by atoms with van der Waals surface area (Å²) in [5.41, 5.74) is 1.88. The molecule has 1 saturated heterocycles. The smallest absolute Gasteiger partial charge is 0.290 e. The highest BCUT2D eigenvalue weighted by molar-refractivity contribution is 7.09. The maximum atomic E-state index is 13.8. The minimum absolute atomic E-state index is 0.146. The highest BCUT2D eigenvalue weighted by Crippen LogP contribution is 2.30. The van der Waals surface area contributed by atoms with Crippen LogP contribution in [0.5, 0.6) is 0 Å². The summed E-state index contributed by atoms with van der Waals surface area (Å²) < 4.78 is 10.9. The highest BCUT2D eigenvalue weighted by atomic mass is 32.1. The first kappa shape index (κ1) is 23.6. The fraction of sp³-hybridized carbons (Fsp3) is 0.407. The van der Waals surface area contributed by atoms with Crippen LogP contribution in [0.15, 0.2) is 64.6 Å². The highest BCUT2D eigenvalue weighted by Gasteiger charge is 2.35. The third-order valence-corrected chi connectivity index (χ3v) is 7.61. The van der Waals surface area contributed by atoms with Crippen molar-refractivity contribution in [3.8, 4) is 0 Å². The molecular weight excluding hydrogens is 462 g/mol. The fourth-order valence-electron chi connectivity index (χ4n) is 4.90. The van der Waals surface area contributed by atoms with Gasteiger partial charge in [0.1, 0.15) is 6.04 Å². The van der Waals surface area contributed by atoms with Gasteiger partial charge in [-0.3, -0.25) is 9.59 Å². The van der Waals surface area contributed by atoms with Gasteiger partial charge in [-0.05, 0) is 54.1 Å². The van der Waals surface area contributed by atoms with E-state index in [1.54, 1.807) is 28.4 Å². The number of carbonyl (C=O) groups is 2. The summed E-state index contributed by atoms with van der Waals surface area (Å²) in [6.45, 7) is 3.42. The normalized spacial score (nSPS) is 17.3. The first-order valence-corrected chi connectivity index (χ1v) is 13.2. The van der Waals surface area contributed by atoms with Crippen LogP contribution in [-0.4, -0.2) is 49.1 Å². The molecule has 1 aliphatic carbocycles. The summed E-state index contributed by atoms with van der Waals surface area (Å²) in [5.74, 6) is -0.218. The van der Waals surface area contributed by atoms with E-state index in [4.69, 9.17) is 9.15 Å². The Balaban J connectivity index is 1.48. The van der Waals surface area contributed by atoms with Gasteiger partial charge in [0.2, 0.25) is 5.91 Å². The minimum atomic E-state index is -0.769. The van der Waals surface area contributed by atoms with Crippen molar-refractivity contribution in [1.82, 2.24) is 10.2 Å². The number of benzene rings is 1. The Morgan fingerprint density at radius 2 is 1.83 bits per heavy atom. The van der Waals surface area contributed by atoms with Gasteiger partial charge in [-0.15, -0.1) is 11.3 Å². The van der Waals surface area contributed by atoms with Crippen molar-refractivity contribution < 1.29 is 18.7 Å². The Kier molecular flexibility index (Phi) is 7.49. The Hall–Kier alpha value is -3.10. The van der Waals surface area contributed by atoms with E-state index in [0.29, 0.717) is 19.8 Å². The summed E-state index contributed by atoms with van der Waals surface area (Å²) in [4.78, 5) is 32.3. The van der Waals surface area contributed by atoms with Crippen molar-refractivity contribution in [3.63, 3.8) is 0 Å². The van der Waals surface area contributed by atoms with Crippen molar-refractivity contribution in [2.75, 3.05) is 31.2 Å². The van der Waals surface area contributed by atoms with E-state index in [9.17, 15) is 9.59 Å². The summed E-state index contributed by atoms with van der Waals surface area (Å²) in [6.07, 6.45) is 5.68. The van der Waals surface area contributed by atoms with Gasteiger partial charge in [0.05, 0.1) is 26.0 Å². The number of nitrogens with one attached hydrogen (secondary N) is 1. The van der Waals surface area contributed by atoms with E-state index >= 15 is 0 Å². The minimum Gasteiger partial charge on any atom is -0.459 e. The molecule has 2 amide bonds.